The first-order chi connectivity index (χ1) is 10.9. The zero-order valence-electron chi connectivity index (χ0n) is 14.8. The Morgan fingerprint density at radius 2 is 1.87 bits per heavy atom. The molecular formula is C19H29NO3. The molecule has 0 atom stereocenters. The van der Waals surface area contributed by atoms with E-state index in [-0.39, 0.29) is 17.9 Å². The van der Waals surface area contributed by atoms with Crippen molar-refractivity contribution < 1.29 is 14.3 Å². The predicted octanol–water partition coefficient (Wildman–Crippen LogP) is 3.39. The number of hydrogen-bond donors (Lipinski definition) is 0. The number of carbonyl (C=O) groups is 1. The highest BCUT2D eigenvalue weighted by Crippen LogP contribution is 2.30. The van der Waals surface area contributed by atoms with Crippen molar-refractivity contribution >= 4 is 5.91 Å². The number of carbonyl (C=O) groups excluding carboxylic acids is 1. The smallest absolute Gasteiger partial charge is 0.260 e. The maximum absolute atomic E-state index is 12.4. The van der Waals surface area contributed by atoms with Crippen LogP contribution in [0.4, 0.5) is 0 Å². The predicted molar refractivity (Wildman–Crippen MR) is 91.9 cm³/mol. The van der Waals surface area contributed by atoms with Crippen LogP contribution >= 0.6 is 0 Å². The molecule has 1 amide bonds. The van der Waals surface area contributed by atoms with Crippen LogP contribution in [0, 0.1) is 0 Å². The molecule has 4 nitrogen and oxygen atoms in total. The molecule has 0 bridgehead atoms. The normalized spacial score (nSPS) is 16.4. The van der Waals surface area contributed by atoms with Crippen molar-refractivity contribution in [3.63, 3.8) is 0 Å². The molecule has 1 fully saturated rings. The van der Waals surface area contributed by atoms with Crippen molar-refractivity contribution in [1.82, 2.24) is 4.90 Å². The Kier molecular flexibility index (Phi) is 6.05. The molecular weight excluding hydrogens is 290 g/mol. The average molecular weight is 319 g/mol. The Hall–Kier alpha value is -1.55. The molecule has 0 unspecified atom stereocenters. The maximum Gasteiger partial charge on any atom is 0.260 e. The molecule has 0 spiro atoms. The molecule has 1 aliphatic rings. The topological polar surface area (TPSA) is 38.8 Å². The second kappa shape index (κ2) is 7.82. The molecule has 1 aromatic carbocycles. The molecule has 0 N–H and O–H groups in total. The number of ether oxygens (including phenoxy) is 2. The number of rotatable bonds is 5. The summed E-state index contributed by atoms with van der Waals surface area (Å²) >= 11 is 0. The van der Waals surface area contributed by atoms with Crippen molar-refractivity contribution in [2.24, 2.45) is 0 Å². The summed E-state index contributed by atoms with van der Waals surface area (Å²) < 4.78 is 11.5. The van der Waals surface area contributed by atoms with Crippen LogP contribution < -0.4 is 4.74 Å². The van der Waals surface area contributed by atoms with Crippen molar-refractivity contribution in [3.8, 4) is 5.75 Å². The van der Waals surface area contributed by atoms with Crippen LogP contribution in [-0.4, -0.2) is 43.2 Å². The molecule has 1 aliphatic heterocycles. The van der Waals surface area contributed by atoms with Crippen LogP contribution in [0.2, 0.25) is 0 Å². The van der Waals surface area contributed by atoms with Gasteiger partial charge in [0.25, 0.3) is 5.91 Å². The number of amides is 1. The molecule has 1 heterocycles. The number of nitrogens with zero attached hydrogens (tertiary/aromatic N) is 1. The lowest BCUT2D eigenvalue weighted by molar-refractivity contribution is -0.135. The van der Waals surface area contributed by atoms with Crippen LogP contribution in [0.25, 0.3) is 0 Å². The molecule has 128 valence electrons. The van der Waals surface area contributed by atoms with Crippen LogP contribution in [0.3, 0.4) is 0 Å². The van der Waals surface area contributed by atoms with Gasteiger partial charge in [-0.15, -0.1) is 0 Å². The van der Waals surface area contributed by atoms with Crippen LogP contribution in [0.5, 0.6) is 5.75 Å². The highest BCUT2D eigenvalue weighted by Gasteiger charge is 2.24. The number of likely N-dealkylation sites (tertiary alicyclic amines) is 1. The monoisotopic (exact) mass is 319 g/mol. The van der Waals surface area contributed by atoms with Gasteiger partial charge in [-0.1, -0.05) is 39.0 Å². The standard InChI is InChI=1S/C19H29NO3/c1-5-22-15-10-12-20(13-11-15)18(21)14-23-17-9-7-6-8-16(17)19(2,3)4/h6-9,15H,5,10-14H2,1-4H3. The van der Waals surface area contributed by atoms with E-state index >= 15 is 0 Å². The zero-order valence-corrected chi connectivity index (χ0v) is 14.8. The molecule has 1 aromatic rings. The Labute approximate surface area is 139 Å². The molecule has 0 radical (unpaired) electrons. The van der Waals surface area contributed by atoms with Crippen molar-refractivity contribution in [3.05, 3.63) is 29.8 Å². The van der Waals surface area contributed by atoms with E-state index in [0.29, 0.717) is 6.10 Å². The summed E-state index contributed by atoms with van der Waals surface area (Å²) in [5.41, 5.74) is 1.12. The van der Waals surface area contributed by atoms with E-state index in [0.717, 1.165) is 43.9 Å². The van der Waals surface area contributed by atoms with E-state index in [1.54, 1.807) is 0 Å². The lowest BCUT2D eigenvalue weighted by Crippen LogP contribution is -2.43. The fourth-order valence-electron chi connectivity index (χ4n) is 2.95. The van der Waals surface area contributed by atoms with Gasteiger partial charge >= 0.3 is 0 Å². The minimum Gasteiger partial charge on any atom is -0.483 e. The molecule has 23 heavy (non-hydrogen) atoms. The second-order valence-corrected chi connectivity index (χ2v) is 7.07. The van der Waals surface area contributed by atoms with E-state index in [2.05, 4.69) is 26.8 Å². The zero-order chi connectivity index (χ0) is 16.9. The van der Waals surface area contributed by atoms with E-state index in [4.69, 9.17) is 9.47 Å². The third-order valence-corrected chi connectivity index (χ3v) is 4.24. The van der Waals surface area contributed by atoms with Gasteiger partial charge in [0.15, 0.2) is 6.61 Å². The van der Waals surface area contributed by atoms with Gasteiger partial charge in [0, 0.05) is 19.7 Å². The van der Waals surface area contributed by atoms with Crippen LogP contribution in [0.15, 0.2) is 24.3 Å². The van der Waals surface area contributed by atoms with Gasteiger partial charge in [-0.3, -0.25) is 4.79 Å². The van der Waals surface area contributed by atoms with Gasteiger partial charge in [0.1, 0.15) is 5.75 Å². The van der Waals surface area contributed by atoms with E-state index < -0.39 is 0 Å². The third kappa shape index (κ3) is 4.96. The van der Waals surface area contributed by atoms with Gasteiger partial charge in [0.05, 0.1) is 6.10 Å². The first-order valence-corrected chi connectivity index (χ1v) is 8.53. The highest BCUT2D eigenvalue weighted by atomic mass is 16.5. The quantitative estimate of drug-likeness (QED) is 0.835. The van der Waals surface area contributed by atoms with Gasteiger partial charge in [0.2, 0.25) is 0 Å². The number of piperidine rings is 1. The van der Waals surface area contributed by atoms with Crippen molar-refractivity contribution in [2.45, 2.75) is 52.1 Å². The lowest BCUT2D eigenvalue weighted by atomic mass is 9.86. The van der Waals surface area contributed by atoms with E-state index in [1.807, 2.05) is 30.0 Å². The van der Waals surface area contributed by atoms with Crippen LogP contribution in [-0.2, 0) is 14.9 Å². The van der Waals surface area contributed by atoms with Gasteiger partial charge < -0.3 is 14.4 Å². The maximum atomic E-state index is 12.4. The van der Waals surface area contributed by atoms with Crippen molar-refractivity contribution in [2.75, 3.05) is 26.3 Å². The number of hydrogen-bond acceptors (Lipinski definition) is 3. The summed E-state index contributed by atoms with van der Waals surface area (Å²) in [4.78, 5) is 14.2. The summed E-state index contributed by atoms with van der Waals surface area (Å²) in [6, 6.07) is 7.96. The minimum absolute atomic E-state index is 0.00449. The summed E-state index contributed by atoms with van der Waals surface area (Å²) in [6.45, 7) is 10.8. The summed E-state index contributed by atoms with van der Waals surface area (Å²) in [5, 5.41) is 0. The molecule has 0 aromatic heterocycles. The lowest BCUT2D eigenvalue weighted by Gasteiger charge is -2.32. The SMILES string of the molecule is CCOC1CCN(C(=O)COc2ccccc2C(C)(C)C)CC1. The Morgan fingerprint density at radius 1 is 1.22 bits per heavy atom. The summed E-state index contributed by atoms with van der Waals surface area (Å²) in [6.07, 6.45) is 2.13. The second-order valence-electron chi connectivity index (χ2n) is 7.07. The largest absolute Gasteiger partial charge is 0.483 e. The molecule has 2 rings (SSSR count). The highest BCUT2D eigenvalue weighted by molar-refractivity contribution is 5.78. The van der Waals surface area contributed by atoms with Gasteiger partial charge in [-0.05, 0) is 36.8 Å². The minimum atomic E-state index is -0.00449. The molecule has 0 saturated carbocycles. The van der Waals surface area contributed by atoms with E-state index in [1.165, 1.54) is 0 Å². The molecule has 0 aliphatic carbocycles. The van der Waals surface area contributed by atoms with Crippen molar-refractivity contribution in [1.29, 1.82) is 0 Å². The van der Waals surface area contributed by atoms with E-state index in [9.17, 15) is 4.79 Å². The first kappa shape index (κ1) is 17.8. The number of benzene rings is 1. The third-order valence-electron chi connectivity index (χ3n) is 4.24. The Balaban J connectivity index is 1.88. The number of para-hydroxylation sites is 1. The van der Waals surface area contributed by atoms with Crippen LogP contribution in [0.1, 0.15) is 46.1 Å². The van der Waals surface area contributed by atoms with Gasteiger partial charge in [-0.2, -0.15) is 0 Å². The fraction of sp³-hybridized carbons (Fsp3) is 0.632. The fourth-order valence-corrected chi connectivity index (χ4v) is 2.95. The Morgan fingerprint density at radius 3 is 2.48 bits per heavy atom. The molecule has 4 heteroatoms. The average Bonchev–Trinajstić information content (AvgIpc) is 2.53. The first-order valence-electron chi connectivity index (χ1n) is 8.53. The molecule has 1 saturated heterocycles. The summed E-state index contributed by atoms with van der Waals surface area (Å²) in [7, 11) is 0. The Bertz CT molecular complexity index is 514. The summed E-state index contributed by atoms with van der Waals surface area (Å²) in [5.74, 6) is 0.862. The van der Waals surface area contributed by atoms with Gasteiger partial charge in [-0.25, -0.2) is 0 Å².